The Bertz CT molecular complexity index is 2230. The highest BCUT2D eigenvalue weighted by molar-refractivity contribution is 5.87. The Kier molecular flexibility index (Phi) is 11.4. The second-order valence-corrected chi connectivity index (χ2v) is 15.8. The molecule has 1 amide bonds. The number of H-pyrrole nitrogens is 1. The van der Waals surface area contributed by atoms with E-state index >= 15 is 0 Å². The molecule has 296 valence electrons. The molecule has 4 fully saturated rings. The zero-order chi connectivity index (χ0) is 39.4. The fourth-order valence-electron chi connectivity index (χ4n) is 8.72. The zero-order valence-electron chi connectivity index (χ0n) is 32.1. The van der Waals surface area contributed by atoms with Gasteiger partial charge in [0.2, 0.25) is 11.5 Å². The molecule has 2 bridgehead atoms. The van der Waals surface area contributed by atoms with Crippen molar-refractivity contribution in [1.29, 1.82) is 0 Å². The van der Waals surface area contributed by atoms with E-state index in [2.05, 4.69) is 15.2 Å². The van der Waals surface area contributed by atoms with Crippen LogP contribution in [0, 0.1) is 5.92 Å². The van der Waals surface area contributed by atoms with Crippen molar-refractivity contribution in [2.75, 3.05) is 39.3 Å². The molecule has 4 aliphatic heterocycles. The third-order valence-electron chi connectivity index (χ3n) is 12.2. The number of amides is 1. The lowest BCUT2D eigenvalue weighted by molar-refractivity contribution is -0.168. The lowest BCUT2D eigenvalue weighted by Gasteiger charge is -2.46. The predicted molar refractivity (Wildman–Crippen MR) is 217 cm³/mol. The molecule has 4 aliphatic rings. The lowest BCUT2D eigenvalue weighted by atomic mass is 9.72. The molecule has 4 aromatic carbocycles. The average Bonchev–Trinajstić information content (AvgIpc) is 3.25. The van der Waals surface area contributed by atoms with Crippen LogP contribution < -0.4 is 15.6 Å². The first kappa shape index (κ1) is 38.4. The van der Waals surface area contributed by atoms with Gasteiger partial charge in [-0.25, -0.2) is 0 Å². The summed E-state index contributed by atoms with van der Waals surface area (Å²) in [5.74, 6) is 1.02. The second kappa shape index (κ2) is 16.9. The number of benzene rings is 4. The number of aliphatic hydroxyl groups is 1. The SMILES string of the molecule is O=C(Cc1ccc(OCc2ccc(CNC[C@H](O)c3ccc(O)c4[nH]c(=O)ccc34)cc2)cc1)N1CCC(C(=O)O[C@H]2CN3CCC2CC3)(c2ccccc2)CC1. The summed E-state index contributed by atoms with van der Waals surface area (Å²) in [5, 5.41) is 24.8. The summed E-state index contributed by atoms with van der Waals surface area (Å²) in [5.41, 5.74) is 3.79. The molecule has 0 saturated carbocycles. The van der Waals surface area contributed by atoms with Crippen molar-refractivity contribution < 1.29 is 29.3 Å². The Morgan fingerprint density at radius 3 is 2.25 bits per heavy atom. The minimum atomic E-state index is -0.835. The van der Waals surface area contributed by atoms with Crippen molar-refractivity contribution in [2.24, 2.45) is 5.92 Å². The molecule has 1 aromatic heterocycles. The molecule has 9 rings (SSSR count). The highest BCUT2D eigenvalue weighted by atomic mass is 16.5. The number of carbonyl (C=O) groups is 2. The number of aromatic amines is 1. The predicted octanol–water partition coefficient (Wildman–Crippen LogP) is 5.38. The number of nitrogens with zero attached hydrogens (tertiary/aromatic N) is 2. The van der Waals surface area contributed by atoms with Crippen LogP contribution in [0.5, 0.6) is 11.5 Å². The number of piperidine rings is 4. The van der Waals surface area contributed by atoms with Crippen molar-refractivity contribution in [3.8, 4) is 11.5 Å². The molecule has 5 heterocycles. The summed E-state index contributed by atoms with van der Waals surface area (Å²) < 4.78 is 12.4. The van der Waals surface area contributed by atoms with Gasteiger partial charge >= 0.3 is 5.97 Å². The van der Waals surface area contributed by atoms with Crippen LogP contribution in [-0.2, 0) is 39.3 Å². The largest absolute Gasteiger partial charge is 0.506 e. The van der Waals surface area contributed by atoms with E-state index in [4.69, 9.17) is 9.47 Å². The summed E-state index contributed by atoms with van der Waals surface area (Å²) in [6, 6.07) is 31.8. The highest BCUT2D eigenvalue weighted by Crippen LogP contribution is 2.39. The number of fused-ring (bicyclic) bond motifs is 4. The van der Waals surface area contributed by atoms with Gasteiger partial charge in [0.15, 0.2) is 0 Å². The Labute approximate surface area is 332 Å². The number of carbonyl (C=O) groups excluding carboxylic acids is 2. The number of hydrogen-bond acceptors (Lipinski definition) is 9. The van der Waals surface area contributed by atoms with Gasteiger partial charge in [-0.2, -0.15) is 0 Å². The number of nitrogens with one attached hydrogen (secondary N) is 2. The van der Waals surface area contributed by atoms with Crippen LogP contribution in [0.15, 0.2) is 108 Å². The molecule has 4 N–H and O–H groups in total. The normalized spacial score (nSPS) is 20.6. The van der Waals surface area contributed by atoms with E-state index < -0.39 is 11.5 Å². The maximum atomic E-state index is 14.0. The van der Waals surface area contributed by atoms with Crippen LogP contribution in [0.1, 0.15) is 59.6 Å². The second-order valence-electron chi connectivity index (χ2n) is 15.8. The highest BCUT2D eigenvalue weighted by Gasteiger charge is 2.47. The number of phenolic OH excluding ortho intramolecular Hbond substituents is 1. The molecule has 4 saturated heterocycles. The molecule has 5 aromatic rings. The van der Waals surface area contributed by atoms with Gasteiger partial charge in [0.05, 0.1) is 23.5 Å². The number of phenols is 1. The molecule has 57 heavy (non-hydrogen) atoms. The smallest absolute Gasteiger partial charge is 0.317 e. The van der Waals surface area contributed by atoms with E-state index in [1.165, 1.54) is 12.1 Å². The Morgan fingerprint density at radius 2 is 1.54 bits per heavy atom. The fourth-order valence-corrected chi connectivity index (χ4v) is 8.72. The van der Waals surface area contributed by atoms with E-state index in [-0.39, 0.29) is 42.3 Å². The number of rotatable bonds is 13. The first-order chi connectivity index (χ1) is 27.7. The van der Waals surface area contributed by atoms with Crippen molar-refractivity contribution in [3.05, 3.63) is 141 Å². The van der Waals surface area contributed by atoms with Crippen molar-refractivity contribution in [1.82, 2.24) is 20.1 Å². The summed E-state index contributed by atoms with van der Waals surface area (Å²) in [4.78, 5) is 46.1. The molecule has 0 radical (unpaired) electrons. The Hall–Kier alpha value is -5.49. The van der Waals surface area contributed by atoms with Gasteiger partial charge in [0.1, 0.15) is 24.2 Å². The summed E-state index contributed by atoms with van der Waals surface area (Å²) >= 11 is 0. The number of likely N-dealkylation sites (tertiary alicyclic amines) is 1. The van der Waals surface area contributed by atoms with Crippen LogP contribution >= 0.6 is 0 Å². The Balaban J connectivity index is 0.793. The molecule has 2 atom stereocenters. The van der Waals surface area contributed by atoms with E-state index in [1.807, 2.05) is 83.8 Å². The number of ether oxygens (including phenoxy) is 2. The first-order valence-corrected chi connectivity index (χ1v) is 20.0. The number of pyridine rings is 1. The van der Waals surface area contributed by atoms with Gasteiger partial charge in [-0.05, 0) is 96.8 Å². The van der Waals surface area contributed by atoms with Crippen LogP contribution in [0.25, 0.3) is 10.9 Å². The van der Waals surface area contributed by atoms with Crippen molar-refractivity contribution in [3.63, 3.8) is 0 Å². The van der Waals surface area contributed by atoms with E-state index in [0.29, 0.717) is 67.2 Å². The third kappa shape index (κ3) is 8.61. The van der Waals surface area contributed by atoms with Gasteiger partial charge in [-0.1, -0.05) is 72.8 Å². The number of aromatic hydroxyl groups is 1. The van der Waals surface area contributed by atoms with Crippen LogP contribution in [0.4, 0.5) is 0 Å². The topological polar surface area (TPSA) is 144 Å². The van der Waals surface area contributed by atoms with E-state index in [0.717, 1.165) is 54.7 Å². The zero-order valence-corrected chi connectivity index (χ0v) is 32.1. The number of aliphatic hydroxyl groups excluding tert-OH is 1. The van der Waals surface area contributed by atoms with Crippen LogP contribution in [0.2, 0.25) is 0 Å². The average molecular weight is 771 g/mol. The van der Waals surface area contributed by atoms with Crippen molar-refractivity contribution >= 4 is 22.8 Å². The summed E-state index contributed by atoms with van der Waals surface area (Å²) in [7, 11) is 0. The summed E-state index contributed by atoms with van der Waals surface area (Å²) in [6.07, 6.45) is 2.65. The van der Waals surface area contributed by atoms with Gasteiger partial charge < -0.3 is 34.9 Å². The molecule has 0 unspecified atom stereocenters. The fraction of sp³-hybridized carbons (Fsp3) is 0.370. The maximum absolute atomic E-state index is 14.0. The Morgan fingerprint density at radius 1 is 0.842 bits per heavy atom. The van der Waals surface area contributed by atoms with E-state index in [9.17, 15) is 24.6 Å². The number of hydrogen-bond donors (Lipinski definition) is 4. The van der Waals surface area contributed by atoms with Gasteiger partial charge in [0, 0.05) is 44.2 Å². The lowest BCUT2D eigenvalue weighted by Crippen LogP contribution is -2.55. The maximum Gasteiger partial charge on any atom is 0.317 e. The molecule has 11 nitrogen and oxygen atoms in total. The van der Waals surface area contributed by atoms with Crippen molar-refractivity contribution in [2.45, 2.75) is 62.9 Å². The molecule has 0 spiro atoms. The molecule has 0 aliphatic carbocycles. The minimum absolute atomic E-state index is 0.0412. The standard InChI is InChI=1S/C46H50N4O7/c51-39-16-14-37(38-15-17-42(53)48-44(38)39)40(52)28-47-27-32-6-8-33(9-7-32)30-56-36-12-10-31(11-13-36)26-43(54)50-24-20-46(21-25-50,35-4-2-1-3-5-35)45(55)57-41-29-49-22-18-34(41)19-23-49/h1-17,34,40-41,47,51-52H,18-30H2,(H,48,53)/t40-,41-/m0/s1. The van der Waals surface area contributed by atoms with Crippen LogP contribution in [0.3, 0.4) is 0 Å². The number of aromatic nitrogens is 1. The first-order valence-electron chi connectivity index (χ1n) is 20.0. The molecular formula is C46H50N4O7. The molecular weight excluding hydrogens is 721 g/mol. The van der Waals surface area contributed by atoms with Gasteiger partial charge in [-0.15, -0.1) is 0 Å². The third-order valence-corrected chi connectivity index (χ3v) is 12.2. The summed E-state index contributed by atoms with van der Waals surface area (Å²) in [6.45, 7) is 5.23. The van der Waals surface area contributed by atoms with E-state index in [1.54, 1.807) is 12.1 Å². The van der Waals surface area contributed by atoms with Crippen LogP contribution in [-0.4, -0.2) is 82.2 Å². The monoisotopic (exact) mass is 770 g/mol. The minimum Gasteiger partial charge on any atom is -0.506 e. The quantitative estimate of drug-likeness (QED) is 0.116. The van der Waals surface area contributed by atoms with Gasteiger partial charge in [0.25, 0.3) is 0 Å². The number of esters is 1. The van der Waals surface area contributed by atoms with Gasteiger partial charge in [-0.3, -0.25) is 19.3 Å². The molecule has 11 heteroatoms.